The van der Waals surface area contributed by atoms with Crippen LogP contribution in [0.1, 0.15) is 62.3 Å². The molecule has 1 unspecified atom stereocenters. The summed E-state index contributed by atoms with van der Waals surface area (Å²) in [6.07, 6.45) is 2.29. The second kappa shape index (κ2) is 8.55. The third-order valence-corrected chi connectivity index (χ3v) is 6.34. The number of hydrogen-bond donors (Lipinski definition) is 1. The second-order valence-electron chi connectivity index (χ2n) is 8.97. The Bertz CT molecular complexity index is 1090. The first-order chi connectivity index (χ1) is 14.6. The molecule has 0 saturated carbocycles. The highest BCUT2D eigenvalue weighted by atomic mass is 19.1. The van der Waals surface area contributed by atoms with E-state index in [1.807, 2.05) is 32.0 Å². The van der Waals surface area contributed by atoms with Gasteiger partial charge < -0.3 is 10.2 Å². The lowest BCUT2D eigenvalue weighted by molar-refractivity contribution is -0.112. The van der Waals surface area contributed by atoms with Crippen LogP contribution in [0.15, 0.2) is 35.9 Å². The van der Waals surface area contributed by atoms with Crippen LogP contribution in [0.2, 0.25) is 0 Å². The van der Waals surface area contributed by atoms with Crippen LogP contribution in [0.4, 0.5) is 15.8 Å². The molecule has 2 aromatic rings. The van der Waals surface area contributed by atoms with E-state index in [2.05, 4.69) is 37.9 Å². The average molecular weight is 420 g/mol. The van der Waals surface area contributed by atoms with Crippen molar-refractivity contribution in [2.24, 2.45) is 0 Å². The van der Waals surface area contributed by atoms with Gasteiger partial charge in [-0.15, -0.1) is 0 Å². The Balaban J connectivity index is 1.98. The summed E-state index contributed by atoms with van der Waals surface area (Å²) in [6.45, 7) is 13.2. The minimum absolute atomic E-state index is 0.0612. The fourth-order valence-electron chi connectivity index (χ4n) is 4.61. The summed E-state index contributed by atoms with van der Waals surface area (Å²) in [4.78, 5) is 14.9. The summed E-state index contributed by atoms with van der Waals surface area (Å²) < 4.78 is 15.1. The van der Waals surface area contributed by atoms with Gasteiger partial charge in [-0.1, -0.05) is 19.1 Å². The predicted octanol–water partition coefficient (Wildman–Crippen LogP) is 6.10. The number of halogens is 1. The third-order valence-electron chi connectivity index (χ3n) is 6.34. The van der Waals surface area contributed by atoms with Crippen molar-refractivity contribution in [1.29, 1.82) is 5.26 Å². The van der Waals surface area contributed by atoms with E-state index >= 15 is 4.39 Å². The van der Waals surface area contributed by atoms with Crippen molar-refractivity contribution in [3.63, 3.8) is 0 Å². The van der Waals surface area contributed by atoms with Crippen molar-refractivity contribution in [2.45, 2.75) is 59.4 Å². The molecule has 2 aromatic carbocycles. The summed E-state index contributed by atoms with van der Waals surface area (Å²) >= 11 is 0. The fraction of sp³-hybridized carbons (Fsp3) is 0.385. The number of anilines is 2. The van der Waals surface area contributed by atoms with Crippen LogP contribution in [0.3, 0.4) is 0 Å². The zero-order valence-corrected chi connectivity index (χ0v) is 19.1. The lowest BCUT2D eigenvalue weighted by Crippen LogP contribution is -2.48. The van der Waals surface area contributed by atoms with E-state index in [-0.39, 0.29) is 22.6 Å². The minimum Gasteiger partial charge on any atom is -0.366 e. The Kier molecular flexibility index (Phi) is 6.22. The van der Waals surface area contributed by atoms with Gasteiger partial charge in [0.1, 0.15) is 17.5 Å². The molecular formula is C26H30FN3O. The third kappa shape index (κ3) is 4.34. The molecule has 5 heteroatoms. The van der Waals surface area contributed by atoms with Gasteiger partial charge in [0.05, 0.1) is 0 Å². The van der Waals surface area contributed by atoms with E-state index in [4.69, 9.17) is 0 Å². The van der Waals surface area contributed by atoms with Gasteiger partial charge >= 0.3 is 0 Å². The zero-order chi connectivity index (χ0) is 22.9. The summed E-state index contributed by atoms with van der Waals surface area (Å²) in [5.74, 6) is -0.734. The van der Waals surface area contributed by atoms with Crippen molar-refractivity contribution in [3.05, 3.63) is 64.0 Å². The number of carbonyl (C=O) groups excluding carboxylic acids is 1. The topological polar surface area (TPSA) is 56.1 Å². The van der Waals surface area contributed by atoms with Crippen LogP contribution < -0.4 is 10.2 Å². The number of benzene rings is 2. The molecule has 1 aliphatic rings. The van der Waals surface area contributed by atoms with Gasteiger partial charge in [0.25, 0.3) is 5.91 Å². The Hall–Kier alpha value is -3.13. The molecule has 1 N–H and O–H groups in total. The van der Waals surface area contributed by atoms with Crippen LogP contribution in [0, 0.1) is 31.0 Å². The standard InChI is InChI=1S/C26H30FN3O/c1-7-30-24-13-22(27)19(12-21(24)17(3)14-26(30,5)6)11-20(15-28)25(31)29-23-10-8-9-16(2)18(23)4/h8-13,17H,7,14H2,1-6H3,(H,29,31)/b20-11+. The number of nitrogens with one attached hydrogen (secondary N) is 1. The van der Waals surface area contributed by atoms with Crippen LogP contribution in [-0.2, 0) is 4.79 Å². The molecule has 3 rings (SSSR count). The van der Waals surface area contributed by atoms with E-state index < -0.39 is 11.7 Å². The van der Waals surface area contributed by atoms with E-state index in [0.717, 1.165) is 35.3 Å². The number of hydrogen-bond acceptors (Lipinski definition) is 3. The van der Waals surface area contributed by atoms with E-state index in [9.17, 15) is 10.1 Å². The smallest absolute Gasteiger partial charge is 0.266 e. The molecule has 1 heterocycles. The van der Waals surface area contributed by atoms with E-state index in [1.54, 1.807) is 18.2 Å². The van der Waals surface area contributed by atoms with Crippen LogP contribution >= 0.6 is 0 Å². The molecule has 4 nitrogen and oxygen atoms in total. The minimum atomic E-state index is -0.544. The molecular weight excluding hydrogens is 389 g/mol. The summed E-state index contributed by atoms with van der Waals surface area (Å²) in [5.41, 5.74) is 4.62. The molecule has 1 amide bonds. The second-order valence-corrected chi connectivity index (χ2v) is 8.97. The molecule has 0 aromatic heterocycles. The number of nitriles is 1. The van der Waals surface area contributed by atoms with Gasteiger partial charge in [-0.3, -0.25) is 4.79 Å². The monoisotopic (exact) mass is 419 g/mol. The molecule has 0 radical (unpaired) electrons. The first-order valence-electron chi connectivity index (χ1n) is 10.7. The van der Waals surface area contributed by atoms with Crippen molar-refractivity contribution in [2.75, 3.05) is 16.8 Å². The molecule has 1 atom stereocenters. The molecule has 162 valence electrons. The van der Waals surface area contributed by atoms with Gasteiger partial charge in [0, 0.05) is 29.0 Å². The maximum atomic E-state index is 15.1. The summed E-state index contributed by atoms with van der Waals surface area (Å²) in [7, 11) is 0. The van der Waals surface area contributed by atoms with E-state index in [1.165, 1.54) is 6.08 Å². The molecule has 0 spiro atoms. The van der Waals surface area contributed by atoms with Crippen molar-refractivity contribution in [3.8, 4) is 6.07 Å². The van der Waals surface area contributed by atoms with Crippen LogP contribution in [0.5, 0.6) is 0 Å². The van der Waals surface area contributed by atoms with Gasteiger partial charge in [-0.2, -0.15) is 5.26 Å². The largest absolute Gasteiger partial charge is 0.366 e. The summed E-state index contributed by atoms with van der Waals surface area (Å²) in [6, 6.07) is 10.8. The Morgan fingerprint density at radius 2 is 2.06 bits per heavy atom. The van der Waals surface area contributed by atoms with Gasteiger partial charge in [0.2, 0.25) is 0 Å². The van der Waals surface area contributed by atoms with Gasteiger partial charge in [-0.05, 0) is 87.9 Å². The molecule has 0 fully saturated rings. The van der Waals surface area contributed by atoms with Crippen molar-refractivity contribution in [1.82, 2.24) is 0 Å². The first-order valence-corrected chi connectivity index (χ1v) is 10.7. The highest BCUT2D eigenvalue weighted by molar-refractivity contribution is 6.10. The predicted molar refractivity (Wildman–Crippen MR) is 125 cm³/mol. The number of nitrogens with zero attached hydrogens (tertiary/aromatic N) is 2. The first kappa shape index (κ1) is 22.6. The molecule has 0 aliphatic carbocycles. The lowest BCUT2D eigenvalue weighted by Gasteiger charge is -2.47. The van der Waals surface area contributed by atoms with Gasteiger partial charge in [0.15, 0.2) is 0 Å². The maximum absolute atomic E-state index is 15.1. The average Bonchev–Trinajstić information content (AvgIpc) is 2.69. The Morgan fingerprint density at radius 1 is 1.35 bits per heavy atom. The molecule has 0 saturated heterocycles. The lowest BCUT2D eigenvalue weighted by atomic mass is 9.79. The number of rotatable bonds is 4. The normalized spacial score (nSPS) is 17.7. The van der Waals surface area contributed by atoms with Gasteiger partial charge in [-0.25, -0.2) is 4.39 Å². The summed E-state index contributed by atoms with van der Waals surface area (Å²) in [5, 5.41) is 12.4. The molecule has 1 aliphatic heterocycles. The van der Waals surface area contributed by atoms with Crippen LogP contribution in [-0.4, -0.2) is 18.0 Å². The number of carbonyl (C=O) groups is 1. The molecule has 31 heavy (non-hydrogen) atoms. The quantitative estimate of drug-likeness (QED) is 0.481. The highest BCUT2D eigenvalue weighted by Gasteiger charge is 2.36. The Morgan fingerprint density at radius 3 is 2.71 bits per heavy atom. The van der Waals surface area contributed by atoms with Crippen molar-refractivity contribution >= 4 is 23.4 Å². The fourth-order valence-corrected chi connectivity index (χ4v) is 4.61. The number of fused-ring (bicyclic) bond motifs is 1. The number of amides is 1. The Labute approximate surface area is 184 Å². The maximum Gasteiger partial charge on any atom is 0.266 e. The number of aryl methyl sites for hydroxylation is 1. The molecule has 0 bridgehead atoms. The SMILES string of the molecule is CCN1c2cc(F)c(/C=C(\C#N)C(=O)Nc3cccc(C)c3C)cc2C(C)CC1(C)C. The zero-order valence-electron chi connectivity index (χ0n) is 19.1. The van der Waals surface area contributed by atoms with Crippen molar-refractivity contribution < 1.29 is 9.18 Å². The highest BCUT2D eigenvalue weighted by Crippen LogP contribution is 2.44. The van der Waals surface area contributed by atoms with E-state index in [0.29, 0.717) is 5.69 Å². The van der Waals surface area contributed by atoms with Crippen LogP contribution in [0.25, 0.3) is 6.08 Å².